The van der Waals surface area contributed by atoms with Crippen LogP contribution >= 0.6 is 0 Å². The third-order valence-corrected chi connectivity index (χ3v) is 12.0. The van der Waals surface area contributed by atoms with Gasteiger partial charge in [-0.25, -0.2) is 0 Å². The third kappa shape index (κ3) is 3.49. The number of benzene rings is 8. The third-order valence-electron chi connectivity index (χ3n) is 12.0. The van der Waals surface area contributed by atoms with Gasteiger partial charge >= 0.3 is 0 Å². The number of aromatic nitrogens is 1. The van der Waals surface area contributed by atoms with Gasteiger partial charge in [-0.05, 0) is 87.5 Å². The van der Waals surface area contributed by atoms with E-state index in [0.717, 1.165) is 22.8 Å². The van der Waals surface area contributed by atoms with Gasteiger partial charge in [-0.15, -0.1) is 0 Å². The second kappa shape index (κ2) is 10.4. The number of nitrogens with zero attached hydrogens (tertiary/aromatic N) is 2. The van der Waals surface area contributed by atoms with Crippen molar-refractivity contribution in [1.29, 1.82) is 0 Å². The Labute approximate surface area is 306 Å². The highest BCUT2D eigenvalue weighted by molar-refractivity contribution is 6.29. The maximum Gasteiger partial charge on any atom is 0.119 e. The Bertz CT molecular complexity index is 3060. The van der Waals surface area contributed by atoms with E-state index in [-0.39, 0.29) is 0 Å². The molecule has 0 fully saturated rings. The largest absolute Gasteiger partial charge is 0.497 e. The standard InChI is InChI=1S/C50H32N2O/c1-53-33-28-26-32(27-29-33)51(31-14-3-2-4-15-31)45-30-43-46(49-47(45)39-21-13-20-37-36-18-8-12-25-44(36)52(49)48(37)39)38-19-7-11-24-42(38)50(43)40-22-9-5-16-34(40)35-17-6-10-23-41(35)50/h2-30H,1H3. The normalized spacial score (nSPS) is 13.5. The molecule has 12 rings (SSSR count). The molecule has 0 saturated heterocycles. The molecule has 2 aliphatic carbocycles. The van der Waals surface area contributed by atoms with Gasteiger partial charge in [0.15, 0.2) is 0 Å². The minimum absolute atomic E-state index is 0.498. The molecule has 8 aromatic carbocycles. The van der Waals surface area contributed by atoms with Crippen molar-refractivity contribution in [3.8, 4) is 28.0 Å². The number of rotatable bonds is 4. The number of hydrogen-bond acceptors (Lipinski definition) is 2. The van der Waals surface area contributed by atoms with Crippen molar-refractivity contribution in [2.24, 2.45) is 0 Å². The molecular weight excluding hydrogens is 645 g/mol. The number of para-hydroxylation sites is 3. The Morgan fingerprint density at radius 3 is 1.75 bits per heavy atom. The van der Waals surface area contributed by atoms with Gasteiger partial charge in [-0.3, -0.25) is 0 Å². The highest BCUT2D eigenvalue weighted by atomic mass is 16.5. The topological polar surface area (TPSA) is 16.9 Å². The Kier molecular flexibility index (Phi) is 5.64. The average molecular weight is 677 g/mol. The molecule has 248 valence electrons. The molecule has 3 nitrogen and oxygen atoms in total. The van der Waals surface area contributed by atoms with Crippen LogP contribution in [0.25, 0.3) is 60.3 Å². The van der Waals surface area contributed by atoms with Crippen LogP contribution in [0.3, 0.4) is 0 Å². The lowest BCUT2D eigenvalue weighted by Gasteiger charge is -2.32. The summed E-state index contributed by atoms with van der Waals surface area (Å²) in [6, 6.07) is 65.0. The number of methoxy groups -OCH3 is 1. The number of anilines is 3. The number of hydrogen-bond donors (Lipinski definition) is 0. The minimum atomic E-state index is -0.498. The van der Waals surface area contributed by atoms with Gasteiger partial charge in [0.1, 0.15) is 5.75 Å². The molecule has 0 saturated carbocycles. The first-order valence-electron chi connectivity index (χ1n) is 18.3. The molecule has 2 heterocycles. The monoisotopic (exact) mass is 676 g/mol. The fraction of sp³-hybridized carbons (Fsp3) is 0.0400. The molecule has 3 heteroatoms. The summed E-state index contributed by atoms with van der Waals surface area (Å²) >= 11 is 0. The maximum absolute atomic E-state index is 5.65. The Morgan fingerprint density at radius 2 is 1.04 bits per heavy atom. The van der Waals surface area contributed by atoms with Crippen molar-refractivity contribution in [2.45, 2.75) is 5.41 Å². The summed E-state index contributed by atoms with van der Waals surface area (Å²) in [6.45, 7) is 0. The van der Waals surface area contributed by atoms with Crippen LogP contribution in [0.15, 0.2) is 176 Å². The summed E-state index contributed by atoms with van der Waals surface area (Å²) in [5, 5.41) is 5.07. The Morgan fingerprint density at radius 1 is 0.472 bits per heavy atom. The van der Waals surface area contributed by atoms with Crippen molar-refractivity contribution in [3.05, 3.63) is 198 Å². The van der Waals surface area contributed by atoms with E-state index in [0.29, 0.717) is 0 Å². The first-order chi connectivity index (χ1) is 26.3. The molecule has 0 unspecified atom stereocenters. The van der Waals surface area contributed by atoms with E-state index in [2.05, 4.69) is 185 Å². The molecule has 0 atom stereocenters. The van der Waals surface area contributed by atoms with Crippen LogP contribution in [-0.2, 0) is 5.41 Å². The zero-order valence-corrected chi connectivity index (χ0v) is 29.0. The van der Waals surface area contributed by atoms with Gasteiger partial charge in [0, 0.05) is 38.5 Å². The quantitative estimate of drug-likeness (QED) is 0.185. The van der Waals surface area contributed by atoms with E-state index in [1.54, 1.807) is 7.11 Å². The second-order valence-corrected chi connectivity index (χ2v) is 14.4. The van der Waals surface area contributed by atoms with Crippen LogP contribution in [0.2, 0.25) is 0 Å². The lowest BCUT2D eigenvalue weighted by atomic mass is 9.70. The first kappa shape index (κ1) is 28.8. The summed E-state index contributed by atoms with van der Waals surface area (Å²) in [5.41, 5.74) is 17.1. The number of fused-ring (bicyclic) bond motifs is 17. The first-order valence-corrected chi connectivity index (χ1v) is 18.3. The predicted molar refractivity (Wildman–Crippen MR) is 219 cm³/mol. The molecule has 2 aromatic heterocycles. The maximum atomic E-state index is 5.65. The molecule has 0 bridgehead atoms. The smallest absolute Gasteiger partial charge is 0.119 e. The summed E-state index contributed by atoms with van der Waals surface area (Å²) in [4.78, 5) is 2.45. The molecule has 1 spiro atoms. The number of ether oxygens (including phenoxy) is 1. The van der Waals surface area contributed by atoms with Crippen molar-refractivity contribution < 1.29 is 4.74 Å². The SMILES string of the molecule is COc1ccc(N(c2ccccc2)c2cc3c(c4c2c2cccc5c6ccccc6n4c52)-c2ccccc2C32c3ccccc3-c3ccccc32)cc1. The van der Waals surface area contributed by atoms with Crippen molar-refractivity contribution in [3.63, 3.8) is 0 Å². The van der Waals surface area contributed by atoms with Gasteiger partial charge in [0.05, 0.1) is 34.8 Å². The van der Waals surface area contributed by atoms with Gasteiger partial charge in [0.2, 0.25) is 0 Å². The second-order valence-electron chi connectivity index (χ2n) is 14.4. The van der Waals surface area contributed by atoms with E-state index in [1.807, 2.05) is 0 Å². The molecular formula is C50H32N2O. The predicted octanol–water partition coefficient (Wildman–Crippen LogP) is 12.7. The Hall–Kier alpha value is -6.84. The fourth-order valence-electron chi connectivity index (χ4n) is 10.1. The lowest BCUT2D eigenvalue weighted by molar-refractivity contribution is 0.415. The molecule has 2 aliphatic rings. The van der Waals surface area contributed by atoms with E-state index in [4.69, 9.17) is 4.74 Å². The summed E-state index contributed by atoms with van der Waals surface area (Å²) < 4.78 is 8.23. The van der Waals surface area contributed by atoms with Crippen molar-refractivity contribution >= 4 is 55.2 Å². The van der Waals surface area contributed by atoms with Gasteiger partial charge < -0.3 is 14.0 Å². The van der Waals surface area contributed by atoms with E-state index in [9.17, 15) is 0 Å². The van der Waals surface area contributed by atoms with E-state index < -0.39 is 5.41 Å². The molecule has 0 aliphatic heterocycles. The van der Waals surface area contributed by atoms with Crippen LogP contribution in [0.5, 0.6) is 5.75 Å². The highest BCUT2D eigenvalue weighted by Crippen LogP contribution is 2.65. The molecule has 10 aromatic rings. The fourth-order valence-corrected chi connectivity index (χ4v) is 10.1. The van der Waals surface area contributed by atoms with Gasteiger partial charge in [-0.1, -0.05) is 127 Å². The van der Waals surface area contributed by atoms with Crippen molar-refractivity contribution in [1.82, 2.24) is 4.40 Å². The van der Waals surface area contributed by atoms with Crippen molar-refractivity contribution in [2.75, 3.05) is 12.0 Å². The lowest BCUT2D eigenvalue weighted by Crippen LogP contribution is -2.26. The van der Waals surface area contributed by atoms with Gasteiger partial charge in [0.25, 0.3) is 0 Å². The average Bonchev–Trinajstić information content (AvgIpc) is 3.93. The zero-order valence-electron chi connectivity index (χ0n) is 29.0. The summed E-state index contributed by atoms with van der Waals surface area (Å²) in [6.07, 6.45) is 0. The van der Waals surface area contributed by atoms with Crippen LogP contribution in [0.1, 0.15) is 22.3 Å². The van der Waals surface area contributed by atoms with Crippen LogP contribution in [0.4, 0.5) is 17.1 Å². The molecule has 0 N–H and O–H groups in total. The van der Waals surface area contributed by atoms with Crippen LogP contribution in [0, 0.1) is 0 Å². The summed E-state index contributed by atoms with van der Waals surface area (Å²) in [7, 11) is 1.73. The molecule has 0 amide bonds. The Balaban J connectivity index is 1.35. The minimum Gasteiger partial charge on any atom is -0.497 e. The zero-order chi connectivity index (χ0) is 34.8. The highest BCUT2D eigenvalue weighted by Gasteiger charge is 2.53. The van der Waals surface area contributed by atoms with Crippen LogP contribution < -0.4 is 9.64 Å². The molecule has 53 heavy (non-hydrogen) atoms. The van der Waals surface area contributed by atoms with E-state index >= 15 is 0 Å². The molecule has 0 radical (unpaired) electrons. The summed E-state index contributed by atoms with van der Waals surface area (Å²) in [5.74, 6) is 0.835. The van der Waals surface area contributed by atoms with Gasteiger partial charge in [-0.2, -0.15) is 0 Å². The van der Waals surface area contributed by atoms with E-state index in [1.165, 1.54) is 82.6 Å². The van der Waals surface area contributed by atoms with Crippen LogP contribution in [-0.4, -0.2) is 11.5 Å².